The number of carbonyl (C=O) groups excluding carboxylic acids is 2. The topological polar surface area (TPSA) is 156 Å². The van der Waals surface area contributed by atoms with Gasteiger partial charge in [-0.1, -0.05) is 17.7 Å². The van der Waals surface area contributed by atoms with Crippen LogP contribution in [0.5, 0.6) is 11.5 Å². The summed E-state index contributed by atoms with van der Waals surface area (Å²) in [7, 11) is 1.51. The lowest BCUT2D eigenvalue weighted by Gasteiger charge is -2.26. The number of benzene rings is 3. The van der Waals surface area contributed by atoms with Crippen molar-refractivity contribution in [2.45, 2.75) is 19.4 Å². The quantitative estimate of drug-likeness (QED) is 0.222. The van der Waals surface area contributed by atoms with E-state index in [0.29, 0.717) is 27.6 Å². The molecule has 0 fully saturated rings. The maximum absolute atomic E-state index is 13.7. The molecule has 1 heterocycles. The number of aliphatic imine (C=N–C) groups is 1. The molecular weight excluding hydrogens is 569 g/mol. The molecule has 0 aromatic heterocycles. The number of nitrogens with two attached hydrogens (primary N) is 1. The minimum atomic E-state index is -1.17. The van der Waals surface area contributed by atoms with Crippen LogP contribution in [0.25, 0.3) is 0 Å². The second-order valence-electron chi connectivity index (χ2n) is 9.55. The van der Waals surface area contributed by atoms with E-state index in [0.717, 1.165) is 4.90 Å². The van der Waals surface area contributed by atoms with Crippen LogP contribution in [0.3, 0.4) is 0 Å². The van der Waals surface area contributed by atoms with Crippen LogP contribution in [0.2, 0.25) is 5.02 Å². The zero-order valence-electron chi connectivity index (χ0n) is 22.8. The number of hydroxylamine groups is 1. The Labute approximate surface area is 246 Å². The van der Waals surface area contributed by atoms with Crippen LogP contribution in [0.15, 0.2) is 65.7 Å². The minimum Gasteiger partial charge on any atom is -0.496 e. The smallest absolute Gasteiger partial charge is 0.337 e. The number of aromatic carboxylic acids is 1. The second-order valence-corrected chi connectivity index (χ2v) is 9.99. The fourth-order valence-corrected chi connectivity index (χ4v) is 4.56. The SMILES string of the molecule is COc1ccc(Cl)cc1C[C@@H]1CN=C(NOc2ccc(F)cc2)CN(C(=O)NC(C)c2ccc(C(=O)O)c(N)c2)C1=O. The van der Waals surface area contributed by atoms with E-state index in [2.05, 4.69) is 15.8 Å². The van der Waals surface area contributed by atoms with Crippen molar-refractivity contribution >= 4 is 41.0 Å². The highest BCUT2D eigenvalue weighted by molar-refractivity contribution is 6.30. The molecule has 3 aromatic rings. The molecule has 1 aliphatic heterocycles. The van der Waals surface area contributed by atoms with Crippen molar-refractivity contribution in [2.24, 2.45) is 10.9 Å². The zero-order valence-corrected chi connectivity index (χ0v) is 23.5. The summed E-state index contributed by atoms with van der Waals surface area (Å²) in [6.07, 6.45) is 0.185. The van der Waals surface area contributed by atoms with E-state index in [1.165, 1.54) is 49.6 Å². The first kappa shape index (κ1) is 30.1. The minimum absolute atomic E-state index is 0.0239. The summed E-state index contributed by atoms with van der Waals surface area (Å²) >= 11 is 6.19. The standard InChI is InChI=1S/C29H29ClFN5O6/c1-16(17-3-9-23(28(38)39)24(32)13-17)34-29(40)36-15-26(35-42-22-7-5-21(31)6-8-22)33-14-19(27(36)37)11-18-12-20(30)4-10-25(18)41-2/h3-10,12-13,16,19H,11,14-15,32H2,1-2H3,(H,33,35)(H,34,40)(H,38,39)/t16?,19-/m1/s1. The molecule has 4 rings (SSSR count). The van der Waals surface area contributed by atoms with Gasteiger partial charge in [0.05, 0.1) is 37.7 Å². The number of carboxylic acids is 1. The molecule has 0 spiro atoms. The van der Waals surface area contributed by atoms with Gasteiger partial charge >= 0.3 is 12.0 Å². The molecule has 3 aromatic carbocycles. The molecule has 0 saturated carbocycles. The highest BCUT2D eigenvalue weighted by atomic mass is 35.5. The predicted molar refractivity (Wildman–Crippen MR) is 154 cm³/mol. The lowest BCUT2D eigenvalue weighted by Crippen LogP contribution is -2.50. The number of rotatable bonds is 8. The third-order valence-electron chi connectivity index (χ3n) is 6.63. The number of imide groups is 1. The highest BCUT2D eigenvalue weighted by Gasteiger charge is 2.34. The molecule has 0 bridgehead atoms. The van der Waals surface area contributed by atoms with Gasteiger partial charge in [0.15, 0.2) is 11.6 Å². The summed E-state index contributed by atoms with van der Waals surface area (Å²) in [5.74, 6) is -1.84. The van der Waals surface area contributed by atoms with Gasteiger partial charge in [-0.2, -0.15) is 0 Å². The third-order valence-corrected chi connectivity index (χ3v) is 6.86. The Morgan fingerprint density at radius 3 is 2.60 bits per heavy atom. The molecule has 220 valence electrons. The third kappa shape index (κ3) is 7.26. The largest absolute Gasteiger partial charge is 0.496 e. The number of methoxy groups -OCH3 is 1. The lowest BCUT2D eigenvalue weighted by atomic mass is 9.97. The fraction of sp³-hybridized carbons (Fsp3) is 0.241. The molecule has 0 aliphatic carbocycles. The average Bonchev–Trinajstić information content (AvgIpc) is 3.11. The normalized spacial score (nSPS) is 15.7. The molecule has 1 aliphatic rings. The van der Waals surface area contributed by atoms with Crippen LogP contribution in [-0.4, -0.2) is 53.9 Å². The number of ether oxygens (including phenoxy) is 1. The first-order chi connectivity index (χ1) is 20.0. The van der Waals surface area contributed by atoms with E-state index >= 15 is 0 Å². The van der Waals surface area contributed by atoms with Crippen LogP contribution in [-0.2, 0) is 11.2 Å². The number of halogens is 2. The van der Waals surface area contributed by atoms with Gasteiger partial charge in [0.25, 0.3) is 0 Å². The van der Waals surface area contributed by atoms with Crippen LogP contribution < -0.4 is 26.1 Å². The summed E-state index contributed by atoms with van der Waals surface area (Å²) in [6.45, 7) is 1.45. The van der Waals surface area contributed by atoms with Crippen LogP contribution in [0, 0.1) is 11.7 Å². The highest BCUT2D eigenvalue weighted by Crippen LogP contribution is 2.27. The number of amides is 3. The second kappa shape index (κ2) is 13.2. The molecule has 0 radical (unpaired) electrons. The number of carbonyl (C=O) groups is 3. The number of anilines is 1. The molecule has 2 atom stereocenters. The van der Waals surface area contributed by atoms with E-state index in [-0.39, 0.29) is 36.6 Å². The number of hydrogen-bond donors (Lipinski definition) is 4. The van der Waals surface area contributed by atoms with Crippen LogP contribution in [0.4, 0.5) is 14.9 Å². The Hall–Kier alpha value is -4.84. The number of amidine groups is 1. The van der Waals surface area contributed by atoms with Gasteiger partial charge in [-0.15, -0.1) is 0 Å². The first-order valence-electron chi connectivity index (χ1n) is 12.8. The molecule has 42 heavy (non-hydrogen) atoms. The number of urea groups is 1. The summed E-state index contributed by atoms with van der Waals surface area (Å²) in [6, 6.07) is 13.3. The molecule has 0 saturated heterocycles. The van der Waals surface area contributed by atoms with Gasteiger partial charge in [-0.3, -0.25) is 14.7 Å². The van der Waals surface area contributed by atoms with Crippen LogP contribution in [0.1, 0.15) is 34.5 Å². The van der Waals surface area contributed by atoms with Crippen molar-refractivity contribution in [3.63, 3.8) is 0 Å². The predicted octanol–water partition coefficient (Wildman–Crippen LogP) is 4.22. The van der Waals surface area contributed by atoms with Gasteiger partial charge in [0, 0.05) is 10.7 Å². The van der Waals surface area contributed by atoms with Crippen LogP contribution >= 0.6 is 11.6 Å². The van der Waals surface area contributed by atoms with E-state index in [4.69, 9.17) is 26.9 Å². The molecule has 3 amide bonds. The maximum atomic E-state index is 13.7. The summed E-state index contributed by atoms with van der Waals surface area (Å²) in [4.78, 5) is 49.6. The summed E-state index contributed by atoms with van der Waals surface area (Å²) < 4.78 is 18.7. The Kier molecular flexibility index (Phi) is 9.48. The van der Waals surface area contributed by atoms with E-state index in [1.807, 2.05) is 0 Å². The van der Waals surface area contributed by atoms with Gasteiger partial charge in [0.1, 0.15) is 11.6 Å². The zero-order chi connectivity index (χ0) is 30.4. The van der Waals surface area contributed by atoms with E-state index in [1.54, 1.807) is 25.1 Å². The number of nitrogens with one attached hydrogen (secondary N) is 2. The molecule has 13 heteroatoms. The van der Waals surface area contributed by atoms with E-state index < -0.39 is 35.7 Å². The van der Waals surface area contributed by atoms with E-state index in [9.17, 15) is 23.9 Å². The molecular formula is C29H29ClFN5O6. The number of nitrogens with zero attached hydrogens (tertiary/aromatic N) is 2. The van der Waals surface area contributed by atoms with Gasteiger partial charge in [-0.05, 0) is 79.1 Å². The molecule has 1 unspecified atom stereocenters. The van der Waals surface area contributed by atoms with Gasteiger partial charge in [0.2, 0.25) is 5.91 Å². The monoisotopic (exact) mass is 597 g/mol. The summed E-state index contributed by atoms with van der Waals surface area (Å²) in [5, 5.41) is 12.5. The summed E-state index contributed by atoms with van der Waals surface area (Å²) in [5.41, 5.74) is 9.72. The molecule has 11 nitrogen and oxygen atoms in total. The average molecular weight is 598 g/mol. The molecule has 5 N–H and O–H groups in total. The Morgan fingerprint density at radius 1 is 1.19 bits per heavy atom. The first-order valence-corrected chi connectivity index (χ1v) is 13.2. The fourth-order valence-electron chi connectivity index (χ4n) is 4.37. The Bertz CT molecular complexity index is 1520. The Balaban J connectivity index is 1.57. The van der Waals surface area contributed by atoms with Gasteiger partial charge < -0.3 is 25.7 Å². The maximum Gasteiger partial charge on any atom is 0.337 e. The van der Waals surface area contributed by atoms with Crippen molar-refractivity contribution in [1.29, 1.82) is 0 Å². The van der Waals surface area contributed by atoms with Gasteiger partial charge in [-0.25, -0.2) is 19.5 Å². The van der Waals surface area contributed by atoms with Crippen molar-refractivity contribution in [3.05, 3.63) is 88.2 Å². The Morgan fingerprint density at radius 2 is 1.93 bits per heavy atom. The van der Waals surface area contributed by atoms with Crippen molar-refractivity contribution < 1.29 is 33.5 Å². The number of nitrogen functional groups attached to an aromatic ring is 1. The number of carboxylic acid groups (broad SMARTS) is 1. The van der Waals surface area contributed by atoms with Crippen molar-refractivity contribution in [1.82, 2.24) is 15.7 Å². The number of hydrogen-bond acceptors (Lipinski definition) is 8. The van der Waals surface area contributed by atoms with Crippen molar-refractivity contribution in [2.75, 3.05) is 25.9 Å². The van der Waals surface area contributed by atoms with Crippen molar-refractivity contribution in [3.8, 4) is 11.5 Å². The lowest BCUT2D eigenvalue weighted by molar-refractivity contribution is -0.131.